The van der Waals surface area contributed by atoms with Gasteiger partial charge in [-0.05, 0) is 39.6 Å². The first-order valence-electron chi connectivity index (χ1n) is 6.11. The molecule has 5 nitrogen and oxygen atoms in total. The molecule has 2 heterocycles. The minimum absolute atomic E-state index is 0.611. The second-order valence-electron chi connectivity index (χ2n) is 4.32. The number of nitrogens with zero attached hydrogens (tertiary/aromatic N) is 5. The molecule has 0 unspecified atom stereocenters. The van der Waals surface area contributed by atoms with E-state index >= 15 is 0 Å². The monoisotopic (exact) mass is 281 g/mol. The van der Waals surface area contributed by atoms with E-state index in [1.54, 1.807) is 28.2 Å². The lowest BCUT2D eigenvalue weighted by Gasteiger charge is -2.04. The van der Waals surface area contributed by atoms with Crippen LogP contribution in [0.3, 0.4) is 0 Å². The topological polar surface area (TPSA) is 67.4 Å². The van der Waals surface area contributed by atoms with Gasteiger partial charge >= 0.3 is 0 Å². The number of rotatable bonds is 4. The van der Waals surface area contributed by atoms with Crippen molar-refractivity contribution >= 4 is 11.3 Å². The molecule has 2 aromatic heterocycles. The Morgan fingerprint density at radius 2 is 2.05 bits per heavy atom. The molecule has 3 rings (SSSR count). The van der Waals surface area contributed by atoms with E-state index < -0.39 is 0 Å². The lowest BCUT2D eigenvalue weighted by atomic mass is 10.1. The zero-order valence-electron chi connectivity index (χ0n) is 10.6. The fraction of sp³-hybridized carbons (Fsp3) is 0.143. The first-order valence-corrected chi connectivity index (χ1v) is 6.99. The highest BCUT2D eigenvalue weighted by molar-refractivity contribution is 7.09. The van der Waals surface area contributed by atoms with Crippen molar-refractivity contribution in [1.29, 1.82) is 5.26 Å². The molecule has 3 aromatic rings. The van der Waals surface area contributed by atoms with Crippen LogP contribution in [-0.4, -0.2) is 20.2 Å². The van der Waals surface area contributed by atoms with Gasteiger partial charge in [-0.3, -0.25) is 0 Å². The summed E-state index contributed by atoms with van der Waals surface area (Å²) in [6, 6.07) is 13.7. The van der Waals surface area contributed by atoms with Crippen molar-refractivity contribution in [2.75, 3.05) is 0 Å². The third-order valence-corrected chi connectivity index (χ3v) is 3.81. The maximum atomic E-state index is 8.79. The van der Waals surface area contributed by atoms with Crippen molar-refractivity contribution < 1.29 is 0 Å². The zero-order valence-corrected chi connectivity index (χ0v) is 11.4. The molecular formula is C14H11N5S. The molecule has 0 spiro atoms. The van der Waals surface area contributed by atoms with Crippen LogP contribution in [0.2, 0.25) is 0 Å². The highest BCUT2D eigenvalue weighted by Gasteiger charge is 2.08. The summed E-state index contributed by atoms with van der Waals surface area (Å²) in [5.41, 5.74) is 1.73. The largest absolute Gasteiger partial charge is 0.225 e. The van der Waals surface area contributed by atoms with Crippen molar-refractivity contribution in [3.8, 4) is 6.07 Å². The Hall–Kier alpha value is -2.52. The third-order valence-electron chi connectivity index (χ3n) is 2.93. The Kier molecular flexibility index (Phi) is 3.52. The summed E-state index contributed by atoms with van der Waals surface area (Å²) in [6.45, 7) is 0.611. The Labute approximate surface area is 120 Å². The van der Waals surface area contributed by atoms with E-state index in [1.807, 2.05) is 23.6 Å². The fourth-order valence-corrected chi connectivity index (χ4v) is 2.60. The van der Waals surface area contributed by atoms with Crippen LogP contribution < -0.4 is 0 Å². The maximum absolute atomic E-state index is 8.79. The summed E-state index contributed by atoms with van der Waals surface area (Å²) in [4.78, 5) is 1.24. The zero-order chi connectivity index (χ0) is 13.8. The lowest BCUT2D eigenvalue weighted by molar-refractivity contribution is 0.626. The predicted octanol–water partition coefficient (Wildman–Crippen LogP) is 2.25. The van der Waals surface area contributed by atoms with Crippen molar-refractivity contribution in [2.24, 2.45) is 0 Å². The number of hydrogen-bond acceptors (Lipinski definition) is 5. The molecule has 0 aliphatic rings. The second kappa shape index (κ2) is 5.63. The van der Waals surface area contributed by atoms with Crippen molar-refractivity contribution in [3.05, 3.63) is 63.6 Å². The van der Waals surface area contributed by atoms with Crippen LogP contribution >= 0.6 is 11.3 Å². The van der Waals surface area contributed by atoms with Gasteiger partial charge in [0.05, 0.1) is 18.2 Å². The number of hydrogen-bond donors (Lipinski definition) is 0. The Morgan fingerprint density at radius 1 is 1.20 bits per heavy atom. The molecule has 0 saturated carbocycles. The fourth-order valence-electron chi connectivity index (χ4n) is 1.90. The minimum atomic E-state index is 0.611. The van der Waals surface area contributed by atoms with Crippen LogP contribution in [0.15, 0.2) is 41.8 Å². The Morgan fingerprint density at radius 3 is 2.75 bits per heavy atom. The van der Waals surface area contributed by atoms with Crippen molar-refractivity contribution in [2.45, 2.75) is 13.0 Å². The lowest BCUT2D eigenvalue weighted by Crippen LogP contribution is -2.07. The average Bonchev–Trinajstić information content (AvgIpc) is 3.13. The quantitative estimate of drug-likeness (QED) is 0.735. The molecule has 0 bridgehead atoms. The van der Waals surface area contributed by atoms with E-state index in [9.17, 15) is 0 Å². The highest BCUT2D eigenvalue weighted by Crippen LogP contribution is 2.13. The highest BCUT2D eigenvalue weighted by atomic mass is 32.1. The molecule has 0 aliphatic heterocycles. The van der Waals surface area contributed by atoms with Gasteiger partial charge < -0.3 is 0 Å². The van der Waals surface area contributed by atoms with Crippen LogP contribution in [0, 0.1) is 11.3 Å². The molecule has 0 atom stereocenters. The third kappa shape index (κ3) is 2.73. The Balaban J connectivity index is 1.77. The first-order chi connectivity index (χ1) is 9.85. The molecule has 0 fully saturated rings. The van der Waals surface area contributed by atoms with Gasteiger partial charge in [0.15, 0.2) is 5.82 Å². The molecule has 0 amide bonds. The maximum Gasteiger partial charge on any atom is 0.156 e. The summed E-state index contributed by atoms with van der Waals surface area (Å²) in [7, 11) is 0. The number of benzene rings is 1. The molecule has 6 heteroatoms. The summed E-state index contributed by atoms with van der Waals surface area (Å²) in [5, 5.41) is 22.7. The molecule has 0 aliphatic carbocycles. The first kappa shape index (κ1) is 12.5. The minimum Gasteiger partial charge on any atom is -0.225 e. The standard InChI is InChI=1S/C14H11N5S/c15-9-11-3-5-12(6-4-11)10-19-14(16-17-18-19)8-13-2-1-7-20-13/h1-7H,8,10H2. The van der Waals surface area contributed by atoms with Crippen LogP contribution in [0.25, 0.3) is 0 Å². The van der Waals surface area contributed by atoms with Crippen LogP contribution in [0.4, 0.5) is 0 Å². The summed E-state index contributed by atoms with van der Waals surface area (Å²) < 4.78 is 1.79. The van der Waals surface area contributed by atoms with Gasteiger partial charge in [0.25, 0.3) is 0 Å². The number of tetrazole rings is 1. The molecular weight excluding hydrogens is 270 g/mol. The molecule has 0 N–H and O–H groups in total. The Bertz CT molecular complexity index is 722. The van der Waals surface area contributed by atoms with E-state index in [-0.39, 0.29) is 0 Å². The van der Waals surface area contributed by atoms with E-state index in [2.05, 4.69) is 27.7 Å². The summed E-state index contributed by atoms with van der Waals surface area (Å²) >= 11 is 1.70. The van der Waals surface area contributed by atoms with Crippen LogP contribution in [0.5, 0.6) is 0 Å². The van der Waals surface area contributed by atoms with Crippen LogP contribution in [-0.2, 0) is 13.0 Å². The predicted molar refractivity (Wildman–Crippen MR) is 75.2 cm³/mol. The molecule has 98 valence electrons. The normalized spacial score (nSPS) is 10.3. The van der Waals surface area contributed by atoms with Gasteiger partial charge in [-0.15, -0.1) is 16.4 Å². The van der Waals surface area contributed by atoms with Gasteiger partial charge in [0.1, 0.15) is 0 Å². The molecule has 0 saturated heterocycles. The summed E-state index contributed by atoms with van der Waals surface area (Å²) in [6.07, 6.45) is 0.737. The van der Waals surface area contributed by atoms with E-state index in [0.717, 1.165) is 17.8 Å². The van der Waals surface area contributed by atoms with Gasteiger partial charge in [-0.25, -0.2) is 4.68 Å². The van der Waals surface area contributed by atoms with Crippen LogP contribution in [0.1, 0.15) is 21.8 Å². The van der Waals surface area contributed by atoms with Gasteiger partial charge in [-0.2, -0.15) is 5.26 Å². The second-order valence-corrected chi connectivity index (χ2v) is 5.35. The van der Waals surface area contributed by atoms with Gasteiger partial charge in [0, 0.05) is 11.3 Å². The van der Waals surface area contributed by atoms with Gasteiger partial charge in [-0.1, -0.05) is 18.2 Å². The van der Waals surface area contributed by atoms with Crippen molar-refractivity contribution in [3.63, 3.8) is 0 Å². The van der Waals surface area contributed by atoms with E-state index in [4.69, 9.17) is 5.26 Å². The molecule has 0 radical (unpaired) electrons. The number of thiophene rings is 1. The number of aromatic nitrogens is 4. The van der Waals surface area contributed by atoms with E-state index in [0.29, 0.717) is 12.1 Å². The van der Waals surface area contributed by atoms with E-state index in [1.165, 1.54) is 4.88 Å². The molecule has 1 aromatic carbocycles. The number of nitriles is 1. The van der Waals surface area contributed by atoms with Gasteiger partial charge in [0.2, 0.25) is 0 Å². The molecule has 20 heavy (non-hydrogen) atoms. The average molecular weight is 281 g/mol. The summed E-state index contributed by atoms with van der Waals surface area (Å²) in [5.74, 6) is 0.844. The smallest absolute Gasteiger partial charge is 0.156 e. The SMILES string of the molecule is N#Cc1ccc(Cn2nnnc2Cc2cccs2)cc1. The van der Waals surface area contributed by atoms with Crippen molar-refractivity contribution in [1.82, 2.24) is 20.2 Å².